The molecule has 0 saturated heterocycles. The van der Waals surface area contributed by atoms with Gasteiger partial charge in [0.2, 0.25) is 0 Å². The maximum atomic E-state index is 9.69. The standard InChI is InChI=1S/C41H22N8/c42-23-25-18-26(24-43)20-29(19-25)49-35-14-12-28(22-32(35)41-38(49)10-5-17-46-41)48-34-13-11-27(21-31(34)40-37(48)9-4-16-45-40)47-33-7-2-1-6-30(33)39-36(47)8-3-15-44-39/h1-22H. The Morgan fingerprint density at radius 2 is 0.816 bits per heavy atom. The number of fused-ring (bicyclic) bond motifs is 9. The molecule has 0 saturated carbocycles. The van der Waals surface area contributed by atoms with Crippen molar-refractivity contribution >= 4 is 65.8 Å². The van der Waals surface area contributed by atoms with E-state index in [1.807, 2.05) is 48.8 Å². The normalized spacial score (nSPS) is 11.6. The second-order valence-corrected chi connectivity index (χ2v) is 12.0. The summed E-state index contributed by atoms with van der Waals surface area (Å²) in [6.45, 7) is 0. The first-order valence-corrected chi connectivity index (χ1v) is 15.8. The van der Waals surface area contributed by atoms with Crippen LogP contribution in [0.1, 0.15) is 11.1 Å². The monoisotopic (exact) mass is 626 g/mol. The first-order chi connectivity index (χ1) is 24.2. The smallest absolute Gasteiger partial charge is 0.0992 e. The summed E-state index contributed by atoms with van der Waals surface area (Å²) in [6.07, 6.45) is 5.48. The van der Waals surface area contributed by atoms with Crippen LogP contribution in [0.15, 0.2) is 134 Å². The minimum absolute atomic E-state index is 0.430. The van der Waals surface area contributed by atoms with E-state index >= 15 is 0 Å². The predicted octanol–water partition coefficient (Wildman–Crippen LogP) is 8.91. The van der Waals surface area contributed by atoms with Crippen LogP contribution in [0.3, 0.4) is 0 Å². The first kappa shape index (κ1) is 26.9. The van der Waals surface area contributed by atoms with Gasteiger partial charge in [0.05, 0.1) is 72.9 Å². The Kier molecular flexibility index (Phi) is 5.54. The summed E-state index contributed by atoms with van der Waals surface area (Å²) in [5.41, 5.74) is 12.3. The SMILES string of the molecule is N#Cc1cc(C#N)cc(-n2c3ccc(-n4c5ccc(-n6c7ccccc7c7ncccc76)cc5c5ncccc54)cc3c3ncccc32)c1. The molecule has 0 N–H and O–H groups in total. The zero-order chi connectivity index (χ0) is 32.6. The van der Waals surface area contributed by atoms with Crippen molar-refractivity contribution in [2.75, 3.05) is 0 Å². The molecule has 226 valence electrons. The fraction of sp³-hybridized carbons (Fsp3) is 0. The lowest BCUT2D eigenvalue weighted by molar-refractivity contribution is 1.15. The molecule has 0 amide bonds. The van der Waals surface area contributed by atoms with Crippen LogP contribution in [0.2, 0.25) is 0 Å². The molecule has 0 aliphatic rings. The van der Waals surface area contributed by atoms with Gasteiger partial charge in [-0.3, -0.25) is 15.0 Å². The van der Waals surface area contributed by atoms with Crippen molar-refractivity contribution in [3.63, 3.8) is 0 Å². The van der Waals surface area contributed by atoms with Crippen molar-refractivity contribution in [1.82, 2.24) is 28.7 Å². The van der Waals surface area contributed by atoms with Gasteiger partial charge in [-0.05, 0) is 97.1 Å². The van der Waals surface area contributed by atoms with E-state index in [0.29, 0.717) is 11.1 Å². The third-order valence-corrected chi connectivity index (χ3v) is 9.38. The van der Waals surface area contributed by atoms with E-state index in [1.54, 1.807) is 12.3 Å². The molecule has 0 atom stereocenters. The highest BCUT2D eigenvalue weighted by Gasteiger charge is 2.20. The van der Waals surface area contributed by atoms with E-state index in [2.05, 4.69) is 98.6 Å². The second kappa shape index (κ2) is 10.1. The molecule has 6 aromatic heterocycles. The zero-order valence-corrected chi connectivity index (χ0v) is 25.8. The number of hydrogen-bond donors (Lipinski definition) is 0. The van der Waals surface area contributed by atoms with Crippen LogP contribution >= 0.6 is 0 Å². The van der Waals surface area contributed by atoms with Crippen molar-refractivity contribution in [2.45, 2.75) is 0 Å². The van der Waals surface area contributed by atoms with Crippen LogP contribution in [0.4, 0.5) is 0 Å². The highest BCUT2D eigenvalue weighted by atomic mass is 15.0. The molecule has 0 spiro atoms. The Morgan fingerprint density at radius 1 is 0.388 bits per heavy atom. The summed E-state index contributed by atoms with van der Waals surface area (Å²) in [7, 11) is 0. The number of nitrogens with zero attached hydrogens (tertiary/aromatic N) is 8. The highest BCUT2D eigenvalue weighted by Crippen LogP contribution is 2.38. The number of para-hydroxylation sites is 1. The average Bonchev–Trinajstić information content (AvgIpc) is 3.80. The van der Waals surface area contributed by atoms with E-state index in [4.69, 9.17) is 15.0 Å². The zero-order valence-electron chi connectivity index (χ0n) is 25.8. The van der Waals surface area contributed by atoms with Gasteiger partial charge in [0.15, 0.2) is 0 Å². The van der Waals surface area contributed by atoms with E-state index in [1.165, 1.54) is 0 Å². The highest BCUT2D eigenvalue weighted by molar-refractivity contribution is 6.11. The van der Waals surface area contributed by atoms with Crippen LogP contribution < -0.4 is 0 Å². The van der Waals surface area contributed by atoms with E-state index in [-0.39, 0.29) is 0 Å². The largest absolute Gasteiger partial charge is 0.308 e. The van der Waals surface area contributed by atoms with Gasteiger partial charge >= 0.3 is 0 Å². The molecule has 0 fully saturated rings. The van der Waals surface area contributed by atoms with Crippen LogP contribution in [0.25, 0.3) is 82.9 Å². The molecular weight excluding hydrogens is 605 g/mol. The predicted molar refractivity (Wildman–Crippen MR) is 192 cm³/mol. The topological polar surface area (TPSA) is 101 Å². The number of rotatable bonds is 3. The third-order valence-electron chi connectivity index (χ3n) is 9.38. The van der Waals surface area contributed by atoms with Gasteiger partial charge < -0.3 is 13.7 Å². The van der Waals surface area contributed by atoms with Crippen LogP contribution in [-0.4, -0.2) is 28.7 Å². The fourth-order valence-corrected chi connectivity index (χ4v) is 7.41. The van der Waals surface area contributed by atoms with E-state index in [9.17, 15) is 10.5 Å². The molecule has 8 nitrogen and oxygen atoms in total. The minimum Gasteiger partial charge on any atom is -0.308 e. The number of pyridine rings is 3. The van der Waals surface area contributed by atoms with Crippen molar-refractivity contribution in [1.29, 1.82) is 10.5 Å². The average molecular weight is 627 g/mol. The third kappa shape index (κ3) is 3.80. The van der Waals surface area contributed by atoms with Gasteiger partial charge in [0, 0.05) is 51.8 Å². The molecule has 10 rings (SSSR count). The Bertz CT molecular complexity index is 3010. The molecule has 6 heterocycles. The van der Waals surface area contributed by atoms with E-state index in [0.717, 1.165) is 82.9 Å². The lowest BCUT2D eigenvalue weighted by atomic mass is 10.1. The first-order valence-electron chi connectivity index (χ1n) is 15.8. The molecule has 49 heavy (non-hydrogen) atoms. The quantitative estimate of drug-likeness (QED) is 0.195. The maximum absolute atomic E-state index is 9.69. The molecule has 4 aromatic carbocycles. The summed E-state index contributed by atoms with van der Waals surface area (Å²) >= 11 is 0. The summed E-state index contributed by atoms with van der Waals surface area (Å²) in [5, 5.41) is 22.5. The summed E-state index contributed by atoms with van der Waals surface area (Å²) in [4.78, 5) is 14.4. The Labute approximate surface area is 278 Å². The Morgan fingerprint density at radius 3 is 1.33 bits per heavy atom. The number of benzene rings is 4. The number of hydrogen-bond acceptors (Lipinski definition) is 5. The second-order valence-electron chi connectivity index (χ2n) is 12.0. The van der Waals surface area contributed by atoms with Crippen LogP contribution in [-0.2, 0) is 0 Å². The lowest BCUT2D eigenvalue weighted by Gasteiger charge is -2.11. The molecule has 10 aromatic rings. The van der Waals surface area contributed by atoms with Crippen molar-refractivity contribution < 1.29 is 0 Å². The minimum atomic E-state index is 0.430. The lowest BCUT2D eigenvalue weighted by Crippen LogP contribution is -1.97. The number of aromatic nitrogens is 6. The van der Waals surface area contributed by atoms with Gasteiger partial charge in [-0.15, -0.1) is 0 Å². The van der Waals surface area contributed by atoms with E-state index < -0.39 is 0 Å². The Balaban J connectivity index is 1.22. The fourth-order valence-electron chi connectivity index (χ4n) is 7.41. The van der Waals surface area contributed by atoms with Gasteiger partial charge in [-0.25, -0.2) is 0 Å². The summed E-state index contributed by atoms with van der Waals surface area (Å²) in [5.74, 6) is 0. The summed E-state index contributed by atoms with van der Waals surface area (Å²) < 4.78 is 6.60. The number of nitriles is 2. The summed E-state index contributed by atoms with van der Waals surface area (Å²) in [6, 6.07) is 43.0. The molecule has 8 heteroatoms. The molecular formula is C41H22N8. The molecule has 0 bridgehead atoms. The molecule has 0 aliphatic heterocycles. The van der Waals surface area contributed by atoms with Crippen LogP contribution in [0, 0.1) is 22.7 Å². The van der Waals surface area contributed by atoms with Crippen molar-refractivity contribution in [2.24, 2.45) is 0 Å². The van der Waals surface area contributed by atoms with Crippen LogP contribution in [0.5, 0.6) is 0 Å². The van der Waals surface area contributed by atoms with Gasteiger partial charge in [0.25, 0.3) is 0 Å². The van der Waals surface area contributed by atoms with Gasteiger partial charge in [-0.1, -0.05) is 18.2 Å². The van der Waals surface area contributed by atoms with Crippen molar-refractivity contribution in [3.05, 3.63) is 145 Å². The van der Waals surface area contributed by atoms with Gasteiger partial charge in [0.1, 0.15) is 0 Å². The molecule has 0 aliphatic carbocycles. The maximum Gasteiger partial charge on any atom is 0.0992 e. The van der Waals surface area contributed by atoms with Gasteiger partial charge in [-0.2, -0.15) is 10.5 Å². The molecule has 0 unspecified atom stereocenters. The Hall–Kier alpha value is -7.29. The molecule has 0 radical (unpaired) electrons. The van der Waals surface area contributed by atoms with Crippen molar-refractivity contribution in [3.8, 4) is 29.2 Å².